The number of pyridine rings is 1. The molecule has 0 fully saturated rings. The molecule has 0 spiro atoms. The van der Waals surface area contributed by atoms with Crippen LogP contribution in [0.4, 0.5) is 8.78 Å². The largest absolute Gasteiger partial charge is 0.389 e. The van der Waals surface area contributed by atoms with Crippen molar-refractivity contribution in [3.63, 3.8) is 0 Å². The van der Waals surface area contributed by atoms with Crippen LogP contribution in [-0.2, 0) is 0 Å². The van der Waals surface area contributed by atoms with Gasteiger partial charge in [-0.25, -0.2) is 18.3 Å². The van der Waals surface area contributed by atoms with Crippen LogP contribution in [0.25, 0.3) is 28.2 Å². The van der Waals surface area contributed by atoms with Crippen LogP contribution in [0.15, 0.2) is 54.6 Å². The maximum absolute atomic E-state index is 13.3. The Morgan fingerprint density at radius 1 is 0.963 bits per heavy atom. The molecule has 7 heteroatoms. The molecule has 0 aliphatic rings. The van der Waals surface area contributed by atoms with Crippen molar-refractivity contribution >= 4 is 22.9 Å². The van der Waals surface area contributed by atoms with Gasteiger partial charge in [-0.15, -0.1) is 5.10 Å². The number of aromatic nitrogens is 3. The third kappa shape index (κ3) is 3.06. The van der Waals surface area contributed by atoms with Crippen molar-refractivity contribution in [2.75, 3.05) is 0 Å². The van der Waals surface area contributed by atoms with E-state index in [0.717, 1.165) is 16.8 Å². The summed E-state index contributed by atoms with van der Waals surface area (Å²) in [5, 5.41) is 4.51. The molecule has 2 heterocycles. The Morgan fingerprint density at radius 2 is 1.52 bits per heavy atom. The Balaban J connectivity index is 1.98. The number of rotatable bonds is 3. The fraction of sp³-hybridized carbons (Fsp3) is 0.0500. The summed E-state index contributed by atoms with van der Waals surface area (Å²) >= 11 is 5.26. The lowest BCUT2D eigenvalue weighted by Gasteiger charge is -2.11. The smallest absolute Gasteiger partial charge is 0.182 e. The molecule has 0 saturated heterocycles. The minimum Gasteiger partial charge on any atom is -0.389 e. The maximum Gasteiger partial charge on any atom is 0.182 e. The second-order valence-electron chi connectivity index (χ2n) is 6.12. The molecule has 4 aromatic rings. The van der Waals surface area contributed by atoms with Crippen LogP contribution in [-0.4, -0.2) is 19.6 Å². The zero-order valence-electron chi connectivity index (χ0n) is 14.3. The number of fused-ring (bicyclic) bond motifs is 1. The number of hydrogen-bond donors (Lipinski definition) is 1. The summed E-state index contributed by atoms with van der Waals surface area (Å²) < 4.78 is 28.2. The first-order valence-corrected chi connectivity index (χ1v) is 8.57. The second-order valence-corrected chi connectivity index (χ2v) is 6.56. The monoisotopic (exact) mass is 380 g/mol. The van der Waals surface area contributed by atoms with Crippen molar-refractivity contribution in [3.05, 3.63) is 77.5 Å². The van der Waals surface area contributed by atoms with Gasteiger partial charge in [0.05, 0.1) is 5.56 Å². The molecule has 0 radical (unpaired) electrons. The SMILES string of the molecule is Cc1cc(-c2ccc(F)cc2)c(C(N)=S)c2nc(-c3ccc(F)cc3)nn12. The highest BCUT2D eigenvalue weighted by Gasteiger charge is 2.19. The normalized spacial score (nSPS) is 11.1. The van der Waals surface area contributed by atoms with Crippen LogP contribution in [0.5, 0.6) is 0 Å². The second kappa shape index (κ2) is 6.51. The molecule has 0 aliphatic heterocycles. The van der Waals surface area contributed by atoms with E-state index in [1.165, 1.54) is 24.3 Å². The van der Waals surface area contributed by atoms with E-state index in [9.17, 15) is 8.78 Å². The maximum atomic E-state index is 13.3. The lowest BCUT2D eigenvalue weighted by Crippen LogP contribution is -2.14. The van der Waals surface area contributed by atoms with Crippen molar-refractivity contribution in [1.82, 2.24) is 14.6 Å². The summed E-state index contributed by atoms with van der Waals surface area (Å²) in [4.78, 5) is 4.75. The summed E-state index contributed by atoms with van der Waals surface area (Å²) in [6, 6.07) is 13.9. The van der Waals surface area contributed by atoms with E-state index < -0.39 is 0 Å². The topological polar surface area (TPSA) is 56.2 Å². The number of nitrogens with two attached hydrogens (primary N) is 1. The highest BCUT2D eigenvalue weighted by atomic mass is 32.1. The van der Waals surface area contributed by atoms with Crippen LogP contribution < -0.4 is 5.73 Å². The Kier molecular flexibility index (Phi) is 4.16. The molecule has 2 aromatic carbocycles. The van der Waals surface area contributed by atoms with Crippen molar-refractivity contribution in [3.8, 4) is 22.5 Å². The quantitative estimate of drug-likeness (QED) is 0.539. The third-order valence-electron chi connectivity index (χ3n) is 4.29. The van der Waals surface area contributed by atoms with Crippen LogP contribution in [0.3, 0.4) is 0 Å². The predicted octanol–water partition coefficient (Wildman–Crippen LogP) is 4.28. The van der Waals surface area contributed by atoms with Gasteiger partial charge in [-0.3, -0.25) is 0 Å². The summed E-state index contributed by atoms with van der Waals surface area (Å²) in [6.07, 6.45) is 0. The number of nitrogens with zero attached hydrogens (tertiary/aromatic N) is 3. The van der Waals surface area contributed by atoms with Gasteiger partial charge in [0.25, 0.3) is 0 Å². The van der Waals surface area contributed by atoms with Crippen molar-refractivity contribution in [1.29, 1.82) is 0 Å². The third-order valence-corrected chi connectivity index (χ3v) is 4.50. The van der Waals surface area contributed by atoms with Gasteiger partial charge in [0, 0.05) is 11.3 Å². The van der Waals surface area contributed by atoms with Crippen molar-refractivity contribution in [2.45, 2.75) is 6.92 Å². The Labute approximate surface area is 159 Å². The first kappa shape index (κ1) is 17.2. The fourth-order valence-corrected chi connectivity index (χ4v) is 3.21. The summed E-state index contributed by atoms with van der Waals surface area (Å²) in [5.41, 5.74) is 10.1. The van der Waals surface area contributed by atoms with E-state index in [0.29, 0.717) is 22.6 Å². The molecule has 4 nitrogen and oxygen atoms in total. The summed E-state index contributed by atoms with van der Waals surface area (Å²) in [6.45, 7) is 1.88. The van der Waals surface area contributed by atoms with Crippen molar-refractivity contribution < 1.29 is 8.78 Å². The van der Waals surface area contributed by atoms with E-state index >= 15 is 0 Å². The number of hydrogen-bond acceptors (Lipinski definition) is 3. The molecule has 0 saturated carbocycles. The minimum absolute atomic E-state index is 0.164. The average Bonchev–Trinajstić information content (AvgIpc) is 3.08. The van der Waals surface area contributed by atoms with Crippen LogP contribution in [0.2, 0.25) is 0 Å². The van der Waals surface area contributed by atoms with Gasteiger partial charge in [0.15, 0.2) is 11.5 Å². The van der Waals surface area contributed by atoms with Gasteiger partial charge in [0.1, 0.15) is 16.6 Å². The average molecular weight is 380 g/mol. The Hall–Kier alpha value is -3.19. The van der Waals surface area contributed by atoms with Gasteiger partial charge in [-0.1, -0.05) is 24.4 Å². The number of benzene rings is 2. The molecule has 0 bridgehead atoms. The van der Waals surface area contributed by atoms with Gasteiger partial charge in [0.2, 0.25) is 0 Å². The molecule has 4 rings (SSSR count). The standard InChI is InChI=1S/C20H14F2N4S/c1-11-10-16(12-2-6-14(21)7-3-12)17(18(23)27)20-24-19(25-26(11)20)13-4-8-15(22)9-5-13/h2-10H,1H3,(H2,23,27). The highest BCUT2D eigenvalue weighted by molar-refractivity contribution is 7.80. The molecular weight excluding hydrogens is 366 g/mol. The molecule has 0 unspecified atom stereocenters. The van der Waals surface area contributed by atoms with Crippen LogP contribution in [0, 0.1) is 18.6 Å². The van der Waals surface area contributed by atoms with E-state index in [1.807, 2.05) is 13.0 Å². The molecule has 2 aromatic heterocycles. The molecule has 134 valence electrons. The molecule has 0 aliphatic carbocycles. The number of thiocarbonyl (C=S) groups is 1. The zero-order chi connectivity index (χ0) is 19.1. The molecule has 0 atom stereocenters. The molecule has 0 amide bonds. The first-order valence-electron chi connectivity index (χ1n) is 8.16. The minimum atomic E-state index is -0.332. The number of halogens is 2. The molecular formula is C20H14F2N4S. The van der Waals surface area contributed by atoms with E-state index in [1.54, 1.807) is 28.8 Å². The van der Waals surface area contributed by atoms with E-state index in [2.05, 4.69) is 10.1 Å². The van der Waals surface area contributed by atoms with Gasteiger partial charge in [-0.2, -0.15) is 0 Å². The van der Waals surface area contributed by atoms with Crippen LogP contribution >= 0.6 is 12.2 Å². The summed E-state index contributed by atoms with van der Waals surface area (Å²) in [7, 11) is 0. The lowest BCUT2D eigenvalue weighted by molar-refractivity contribution is 0.627. The van der Waals surface area contributed by atoms with Gasteiger partial charge >= 0.3 is 0 Å². The lowest BCUT2D eigenvalue weighted by atomic mass is 10.00. The van der Waals surface area contributed by atoms with Crippen LogP contribution in [0.1, 0.15) is 11.3 Å². The van der Waals surface area contributed by atoms with Crippen molar-refractivity contribution in [2.24, 2.45) is 5.73 Å². The van der Waals surface area contributed by atoms with E-state index in [4.69, 9.17) is 18.0 Å². The van der Waals surface area contributed by atoms with E-state index in [-0.39, 0.29) is 16.6 Å². The summed E-state index contributed by atoms with van der Waals surface area (Å²) in [5.74, 6) is -0.220. The molecule has 27 heavy (non-hydrogen) atoms. The van der Waals surface area contributed by atoms with Gasteiger partial charge < -0.3 is 5.73 Å². The number of aryl methyl sites for hydroxylation is 1. The van der Waals surface area contributed by atoms with Gasteiger partial charge in [-0.05, 0) is 60.5 Å². The molecule has 2 N–H and O–H groups in total. The zero-order valence-corrected chi connectivity index (χ0v) is 15.1. The highest BCUT2D eigenvalue weighted by Crippen LogP contribution is 2.29. The Bertz CT molecular complexity index is 1170. The Morgan fingerprint density at radius 3 is 2.07 bits per heavy atom. The fourth-order valence-electron chi connectivity index (χ4n) is 3.00. The predicted molar refractivity (Wildman–Crippen MR) is 104 cm³/mol. The first-order chi connectivity index (χ1) is 12.9.